The van der Waals surface area contributed by atoms with Gasteiger partial charge in [0.05, 0.1) is 11.5 Å². The molecule has 8 heteroatoms. The number of aliphatic hydroxyl groups is 1. The minimum Gasteiger partial charge on any atom is -0.390 e. The number of hydrogen-bond acceptors (Lipinski definition) is 3. The third-order valence-electron chi connectivity index (χ3n) is 2.65. The van der Waals surface area contributed by atoms with E-state index in [0.29, 0.717) is 11.3 Å². The van der Waals surface area contributed by atoms with Gasteiger partial charge in [0.15, 0.2) is 11.6 Å². The highest BCUT2D eigenvalue weighted by Gasteiger charge is 2.16. The van der Waals surface area contributed by atoms with Crippen LogP contribution in [0.5, 0.6) is 0 Å². The normalized spacial score (nSPS) is 11.8. The van der Waals surface area contributed by atoms with Gasteiger partial charge in [-0.15, -0.1) is 0 Å². The number of aromatic amines is 1. The highest BCUT2D eigenvalue weighted by atomic mass is 32.2. The van der Waals surface area contributed by atoms with Crippen LogP contribution in [0.15, 0.2) is 35.4 Å². The molecule has 0 aliphatic rings. The summed E-state index contributed by atoms with van der Waals surface area (Å²) < 4.78 is 51.8. The molecule has 2 aromatic rings. The fourth-order valence-corrected chi connectivity index (χ4v) is 2.61. The molecule has 3 N–H and O–H groups in total. The number of sulfonamides is 1. The van der Waals surface area contributed by atoms with E-state index >= 15 is 0 Å². The SMILES string of the molecule is O=S(=O)(NCc1ccc(F)c(F)c1)c1c[nH]c(CO)c1. The van der Waals surface area contributed by atoms with Crippen LogP contribution in [0.2, 0.25) is 0 Å². The first kappa shape index (κ1) is 14.6. The number of aromatic nitrogens is 1. The lowest BCUT2D eigenvalue weighted by Gasteiger charge is -2.05. The Morgan fingerprint density at radius 2 is 1.95 bits per heavy atom. The lowest BCUT2D eigenvalue weighted by molar-refractivity contribution is 0.277. The van der Waals surface area contributed by atoms with Crippen LogP contribution in [0.3, 0.4) is 0 Å². The summed E-state index contributed by atoms with van der Waals surface area (Å²) >= 11 is 0. The Morgan fingerprint density at radius 3 is 2.55 bits per heavy atom. The Bertz CT molecular complexity index is 713. The van der Waals surface area contributed by atoms with Gasteiger partial charge in [0.25, 0.3) is 0 Å². The molecule has 0 fully saturated rings. The number of H-pyrrole nitrogens is 1. The van der Waals surface area contributed by atoms with Crippen LogP contribution in [-0.4, -0.2) is 18.5 Å². The molecule has 0 atom stereocenters. The Balaban J connectivity index is 2.10. The molecule has 0 aliphatic carbocycles. The third-order valence-corrected chi connectivity index (χ3v) is 4.03. The molecule has 1 aromatic carbocycles. The van der Waals surface area contributed by atoms with E-state index in [-0.39, 0.29) is 18.0 Å². The van der Waals surface area contributed by atoms with Gasteiger partial charge in [0.2, 0.25) is 10.0 Å². The van der Waals surface area contributed by atoms with Crippen molar-refractivity contribution in [3.05, 3.63) is 53.4 Å². The molecular formula is C12H12F2N2O3S. The smallest absolute Gasteiger partial charge is 0.242 e. The van der Waals surface area contributed by atoms with Crippen LogP contribution in [0.25, 0.3) is 0 Å². The van der Waals surface area contributed by atoms with Crippen molar-refractivity contribution in [1.82, 2.24) is 9.71 Å². The molecule has 108 valence electrons. The number of benzene rings is 1. The zero-order chi connectivity index (χ0) is 14.8. The average Bonchev–Trinajstić information content (AvgIpc) is 2.90. The number of halogens is 2. The van der Waals surface area contributed by atoms with E-state index in [2.05, 4.69) is 9.71 Å². The van der Waals surface area contributed by atoms with Crippen molar-refractivity contribution in [2.45, 2.75) is 18.0 Å². The summed E-state index contributed by atoms with van der Waals surface area (Å²) in [4.78, 5) is 2.56. The summed E-state index contributed by atoms with van der Waals surface area (Å²) in [6.07, 6.45) is 1.24. The maximum absolute atomic E-state index is 13.0. The second-order valence-electron chi connectivity index (χ2n) is 4.09. The van der Waals surface area contributed by atoms with Gasteiger partial charge in [0.1, 0.15) is 0 Å². The van der Waals surface area contributed by atoms with Crippen LogP contribution < -0.4 is 4.72 Å². The molecule has 0 amide bonds. The second kappa shape index (κ2) is 5.70. The Hall–Kier alpha value is -1.77. The summed E-state index contributed by atoms with van der Waals surface area (Å²) in [6, 6.07) is 4.43. The second-order valence-corrected chi connectivity index (χ2v) is 5.86. The molecular weight excluding hydrogens is 290 g/mol. The maximum atomic E-state index is 13.0. The van der Waals surface area contributed by atoms with Crippen LogP contribution in [0, 0.1) is 11.6 Å². The lowest BCUT2D eigenvalue weighted by atomic mass is 10.2. The van der Waals surface area contributed by atoms with Crippen molar-refractivity contribution in [3.8, 4) is 0 Å². The van der Waals surface area contributed by atoms with Crippen LogP contribution >= 0.6 is 0 Å². The quantitative estimate of drug-likeness (QED) is 0.778. The van der Waals surface area contributed by atoms with E-state index in [9.17, 15) is 17.2 Å². The standard InChI is InChI=1S/C12H12F2N2O3S/c13-11-2-1-8(3-12(11)14)5-16-20(18,19)10-4-9(7-17)15-6-10/h1-4,6,15-17H,5,7H2. The molecule has 0 unspecified atom stereocenters. The molecule has 0 aliphatic heterocycles. The van der Waals surface area contributed by atoms with E-state index in [1.807, 2.05) is 0 Å². The number of rotatable bonds is 5. The highest BCUT2D eigenvalue weighted by molar-refractivity contribution is 7.89. The van der Waals surface area contributed by atoms with Crippen molar-refractivity contribution in [2.75, 3.05) is 0 Å². The summed E-state index contributed by atoms with van der Waals surface area (Å²) in [5, 5.41) is 8.86. The zero-order valence-corrected chi connectivity index (χ0v) is 11.0. The van der Waals surface area contributed by atoms with Gasteiger partial charge < -0.3 is 10.1 Å². The first-order valence-electron chi connectivity index (χ1n) is 5.64. The fraction of sp³-hybridized carbons (Fsp3) is 0.167. The summed E-state index contributed by atoms with van der Waals surface area (Å²) in [5.41, 5.74) is 0.656. The molecule has 0 spiro atoms. The van der Waals surface area contributed by atoms with E-state index in [4.69, 9.17) is 5.11 Å². The lowest BCUT2D eigenvalue weighted by Crippen LogP contribution is -2.22. The molecule has 2 rings (SSSR count). The monoisotopic (exact) mass is 302 g/mol. The molecule has 1 aromatic heterocycles. The van der Waals surface area contributed by atoms with E-state index in [1.54, 1.807) is 0 Å². The summed E-state index contributed by atoms with van der Waals surface area (Å²) in [5.74, 6) is -2.03. The molecule has 20 heavy (non-hydrogen) atoms. The summed E-state index contributed by atoms with van der Waals surface area (Å²) in [6.45, 7) is -0.474. The first-order valence-corrected chi connectivity index (χ1v) is 7.12. The van der Waals surface area contributed by atoms with E-state index in [0.717, 1.165) is 12.1 Å². The number of aliphatic hydroxyl groups excluding tert-OH is 1. The average molecular weight is 302 g/mol. The minimum absolute atomic E-state index is 0.0378. The highest BCUT2D eigenvalue weighted by Crippen LogP contribution is 2.13. The molecule has 5 nitrogen and oxygen atoms in total. The topological polar surface area (TPSA) is 82.2 Å². The maximum Gasteiger partial charge on any atom is 0.242 e. The number of nitrogens with one attached hydrogen (secondary N) is 2. The van der Waals surface area contributed by atoms with Crippen LogP contribution in [0.4, 0.5) is 8.78 Å². The van der Waals surface area contributed by atoms with Gasteiger partial charge >= 0.3 is 0 Å². The van der Waals surface area contributed by atoms with Crippen molar-refractivity contribution >= 4 is 10.0 Å². The van der Waals surface area contributed by atoms with Gasteiger partial charge in [-0.25, -0.2) is 21.9 Å². The predicted octanol–water partition coefficient (Wildman–Crippen LogP) is 1.26. The Morgan fingerprint density at radius 1 is 1.20 bits per heavy atom. The molecule has 0 saturated heterocycles. The third kappa shape index (κ3) is 3.21. The zero-order valence-electron chi connectivity index (χ0n) is 10.2. The first-order chi connectivity index (χ1) is 9.42. The van der Waals surface area contributed by atoms with Gasteiger partial charge in [-0.1, -0.05) is 6.07 Å². The molecule has 0 radical (unpaired) electrons. The Kier molecular flexibility index (Phi) is 4.17. The van der Waals surface area contributed by atoms with Gasteiger partial charge in [0, 0.05) is 18.4 Å². The van der Waals surface area contributed by atoms with Crippen LogP contribution in [-0.2, 0) is 23.2 Å². The van der Waals surface area contributed by atoms with Crippen molar-refractivity contribution in [3.63, 3.8) is 0 Å². The van der Waals surface area contributed by atoms with Crippen molar-refractivity contribution in [2.24, 2.45) is 0 Å². The minimum atomic E-state index is -3.78. The van der Waals surface area contributed by atoms with Crippen molar-refractivity contribution in [1.29, 1.82) is 0 Å². The van der Waals surface area contributed by atoms with Crippen molar-refractivity contribution < 1.29 is 22.3 Å². The van der Waals surface area contributed by atoms with Gasteiger partial charge in [-0.05, 0) is 23.8 Å². The number of hydrogen-bond donors (Lipinski definition) is 3. The van der Waals surface area contributed by atoms with Gasteiger partial charge in [-0.3, -0.25) is 0 Å². The molecule has 0 bridgehead atoms. The fourth-order valence-electron chi connectivity index (χ4n) is 1.58. The molecule has 0 saturated carbocycles. The van der Waals surface area contributed by atoms with E-state index < -0.39 is 21.7 Å². The summed E-state index contributed by atoms with van der Waals surface area (Å²) in [7, 11) is -3.78. The Labute approximate surface area is 114 Å². The van der Waals surface area contributed by atoms with E-state index in [1.165, 1.54) is 18.3 Å². The molecule has 1 heterocycles. The predicted molar refractivity (Wildman–Crippen MR) is 67.1 cm³/mol. The largest absolute Gasteiger partial charge is 0.390 e. The van der Waals surface area contributed by atoms with Gasteiger partial charge in [-0.2, -0.15) is 0 Å². The van der Waals surface area contributed by atoms with Crippen LogP contribution in [0.1, 0.15) is 11.3 Å².